The van der Waals surface area contributed by atoms with Gasteiger partial charge in [0.2, 0.25) is 5.91 Å². The monoisotopic (exact) mass is 168 g/mol. The molecule has 1 fully saturated rings. The molecule has 1 heterocycles. The van der Waals surface area contributed by atoms with Crippen molar-refractivity contribution in [2.24, 2.45) is 0 Å². The molecule has 0 atom stereocenters. The number of nitrogens with one attached hydrogen (secondary N) is 1. The van der Waals surface area contributed by atoms with E-state index in [1.54, 1.807) is 0 Å². The number of carbonyl (C=O) groups excluding carboxylic acids is 1. The second-order valence-electron chi connectivity index (χ2n) is 2.97. The SMILES string of the molecule is C/C=C/CN1CCNC(=O)CC1. The Morgan fingerprint density at radius 2 is 2.42 bits per heavy atom. The van der Waals surface area contributed by atoms with Crippen molar-refractivity contribution in [1.29, 1.82) is 0 Å². The van der Waals surface area contributed by atoms with Crippen LogP contribution in [0.15, 0.2) is 12.2 Å². The smallest absolute Gasteiger partial charge is 0.221 e. The summed E-state index contributed by atoms with van der Waals surface area (Å²) in [7, 11) is 0. The minimum absolute atomic E-state index is 0.179. The lowest BCUT2D eigenvalue weighted by Crippen LogP contribution is -2.28. The summed E-state index contributed by atoms with van der Waals surface area (Å²) in [5.41, 5.74) is 0. The molecular formula is C9H16N2O. The van der Waals surface area contributed by atoms with E-state index in [1.807, 2.05) is 13.0 Å². The van der Waals surface area contributed by atoms with Gasteiger partial charge in [-0.15, -0.1) is 0 Å². The average Bonchev–Trinajstić information content (AvgIpc) is 2.27. The van der Waals surface area contributed by atoms with E-state index in [4.69, 9.17) is 0 Å². The van der Waals surface area contributed by atoms with Crippen LogP contribution in [-0.2, 0) is 4.79 Å². The van der Waals surface area contributed by atoms with Crippen LogP contribution in [0.1, 0.15) is 13.3 Å². The molecule has 1 aliphatic rings. The van der Waals surface area contributed by atoms with Crippen LogP contribution in [-0.4, -0.2) is 37.0 Å². The number of nitrogens with zero attached hydrogens (tertiary/aromatic N) is 1. The lowest BCUT2D eigenvalue weighted by atomic mass is 10.3. The first-order valence-electron chi connectivity index (χ1n) is 4.43. The van der Waals surface area contributed by atoms with Crippen molar-refractivity contribution in [1.82, 2.24) is 10.2 Å². The maximum atomic E-state index is 10.9. The van der Waals surface area contributed by atoms with Gasteiger partial charge in [-0.1, -0.05) is 12.2 Å². The first-order valence-corrected chi connectivity index (χ1v) is 4.43. The Balaban J connectivity index is 2.30. The van der Waals surface area contributed by atoms with E-state index in [0.29, 0.717) is 6.42 Å². The quantitative estimate of drug-likeness (QED) is 0.605. The second-order valence-corrected chi connectivity index (χ2v) is 2.97. The van der Waals surface area contributed by atoms with E-state index in [9.17, 15) is 4.79 Å². The van der Waals surface area contributed by atoms with Gasteiger partial charge in [0.1, 0.15) is 0 Å². The summed E-state index contributed by atoms with van der Waals surface area (Å²) in [6.07, 6.45) is 4.80. The van der Waals surface area contributed by atoms with Gasteiger partial charge in [-0.25, -0.2) is 0 Å². The number of amides is 1. The van der Waals surface area contributed by atoms with Crippen LogP contribution >= 0.6 is 0 Å². The fourth-order valence-electron chi connectivity index (χ4n) is 1.25. The molecule has 3 heteroatoms. The third kappa shape index (κ3) is 3.05. The van der Waals surface area contributed by atoms with Crippen molar-refractivity contribution in [2.45, 2.75) is 13.3 Å². The van der Waals surface area contributed by atoms with Gasteiger partial charge in [-0.2, -0.15) is 0 Å². The normalized spacial score (nSPS) is 20.9. The van der Waals surface area contributed by atoms with Gasteiger partial charge in [0, 0.05) is 32.6 Å². The highest BCUT2D eigenvalue weighted by Crippen LogP contribution is 1.95. The second kappa shape index (κ2) is 4.93. The van der Waals surface area contributed by atoms with Crippen molar-refractivity contribution < 1.29 is 4.79 Å². The zero-order valence-electron chi connectivity index (χ0n) is 7.55. The van der Waals surface area contributed by atoms with Crippen LogP contribution in [0.2, 0.25) is 0 Å². The fraction of sp³-hybridized carbons (Fsp3) is 0.667. The van der Waals surface area contributed by atoms with Crippen LogP contribution in [0.3, 0.4) is 0 Å². The molecule has 0 radical (unpaired) electrons. The van der Waals surface area contributed by atoms with Gasteiger partial charge in [0.05, 0.1) is 0 Å². The Bertz CT molecular complexity index is 177. The molecule has 0 unspecified atom stereocenters. The summed E-state index contributed by atoms with van der Waals surface area (Å²) >= 11 is 0. The summed E-state index contributed by atoms with van der Waals surface area (Å²) < 4.78 is 0. The van der Waals surface area contributed by atoms with Gasteiger partial charge in [0.25, 0.3) is 0 Å². The summed E-state index contributed by atoms with van der Waals surface area (Å²) in [6.45, 7) is 5.62. The molecule has 3 nitrogen and oxygen atoms in total. The van der Waals surface area contributed by atoms with E-state index >= 15 is 0 Å². The minimum Gasteiger partial charge on any atom is -0.355 e. The fourth-order valence-corrected chi connectivity index (χ4v) is 1.25. The van der Waals surface area contributed by atoms with Crippen molar-refractivity contribution >= 4 is 5.91 Å². The van der Waals surface area contributed by atoms with Gasteiger partial charge in [0.15, 0.2) is 0 Å². The summed E-state index contributed by atoms with van der Waals surface area (Å²) in [4.78, 5) is 13.2. The van der Waals surface area contributed by atoms with Crippen molar-refractivity contribution in [3.8, 4) is 0 Å². The lowest BCUT2D eigenvalue weighted by molar-refractivity contribution is -0.120. The molecule has 0 aliphatic carbocycles. The molecule has 0 aromatic heterocycles. The van der Waals surface area contributed by atoms with Crippen molar-refractivity contribution in [3.05, 3.63) is 12.2 Å². The van der Waals surface area contributed by atoms with Crippen LogP contribution in [0.5, 0.6) is 0 Å². The third-order valence-corrected chi connectivity index (χ3v) is 2.00. The maximum absolute atomic E-state index is 10.9. The number of hydrogen-bond acceptors (Lipinski definition) is 2. The Morgan fingerprint density at radius 1 is 1.58 bits per heavy atom. The van der Waals surface area contributed by atoms with Gasteiger partial charge >= 0.3 is 0 Å². The Labute approximate surface area is 73.4 Å². The molecule has 1 aliphatic heterocycles. The summed E-state index contributed by atoms with van der Waals surface area (Å²) in [6, 6.07) is 0. The highest BCUT2D eigenvalue weighted by atomic mass is 16.1. The number of hydrogen-bond donors (Lipinski definition) is 1. The van der Waals surface area contributed by atoms with E-state index in [2.05, 4.69) is 16.3 Å². The standard InChI is InChI=1S/C9H16N2O/c1-2-3-6-11-7-4-9(12)10-5-8-11/h2-3H,4-8H2,1H3,(H,10,12)/b3-2+. The molecule has 1 N–H and O–H groups in total. The summed E-state index contributed by atoms with van der Waals surface area (Å²) in [5.74, 6) is 0.179. The van der Waals surface area contributed by atoms with E-state index < -0.39 is 0 Å². The van der Waals surface area contributed by atoms with Crippen molar-refractivity contribution in [2.75, 3.05) is 26.2 Å². The minimum atomic E-state index is 0.179. The predicted molar refractivity (Wildman–Crippen MR) is 48.9 cm³/mol. The zero-order valence-corrected chi connectivity index (χ0v) is 7.55. The van der Waals surface area contributed by atoms with Crippen LogP contribution in [0.25, 0.3) is 0 Å². The molecule has 1 rings (SSSR count). The molecule has 0 aromatic carbocycles. The molecule has 0 bridgehead atoms. The highest BCUT2D eigenvalue weighted by molar-refractivity contribution is 5.76. The molecule has 68 valence electrons. The molecule has 1 amide bonds. The molecule has 0 spiro atoms. The lowest BCUT2D eigenvalue weighted by Gasteiger charge is -2.15. The average molecular weight is 168 g/mol. The van der Waals surface area contributed by atoms with Gasteiger partial charge in [-0.3, -0.25) is 9.69 Å². The highest BCUT2D eigenvalue weighted by Gasteiger charge is 2.10. The molecular weight excluding hydrogens is 152 g/mol. The zero-order chi connectivity index (χ0) is 8.81. The predicted octanol–water partition coefficient (Wildman–Crippen LogP) is 0.384. The van der Waals surface area contributed by atoms with Gasteiger partial charge in [-0.05, 0) is 6.92 Å². The van der Waals surface area contributed by atoms with Crippen LogP contribution in [0, 0.1) is 0 Å². The van der Waals surface area contributed by atoms with Gasteiger partial charge < -0.3 is 5.32 Å². The van der Waals surface area contributed by atoms with Crippen molar-refractivity contribution in [3.63, 3.8) is 0 Å². The third-order valence-electron chi connectivity index (χ3n) is 2.00. The molecule has 12 heavy (non-hydrogen) atoms. The molecule has 1 saturated heterocycles. The maximum Gasteiger partial charge on any atom is 0.221 e. The van der Waals surface area contributed by atoms with E-state index in [1.165, 1.54) is 0 Å². The Kier molecular flexibility index (Phi) is 3.80. The van der Waals surface area contributed by atoms with E-state index in [0.717, 1.165) is 26.2 Å². The van der Waals surface area contributed by atoms with E-state index in [-0.39, 0.29) is 5.91 Å². The number of carbonyl (C=O) groups is 1. The Morgan fingerprint density at radius 3 is 3.17 bits per heavy atom. The Hall–Kier alpha value is -0.830. The topological polar surface area (TPSA) is 32.3 Å². The molecule has 0 aromatic rings. The van der Waals surface area contributed by atoms with Crippen LogP contribution < -0.4 is 5.32 Å². The number of rotatable bonds is 2. The summed E-state index contributed by atoms with van der Waals surface area (Å²) in [5, 5.41) is 2.85. The number of allylic oxidation sites excluding steroid dienone is 1. The first-order chi connectivity index (χ1) is 5.83. The largest absolute Gasteiger partial charge is 0.355 e. The van der Waals surface area contributed by atoms with Crippen LogP contribution in [0.4, 0.5) is 0 Å². The first kappa shape index (κ1) is 9.26. The molecule has 0 saturated carbocycles.